The van der Waals surface area contributed by atoms with Crippen LogP contribution in [0.3, 0.4) is 0 Å². The third-order valence-electron chi connectivity index (χ3n) is 2.19. The smallest absolute Gasteiger partial charge is 0.262 e. The number of quaternary nitrogens is 1. The molecule has 0 fully saturated rings. The Morgan fingerprint density at radius 1 is 1.71 bits per heavy atom. The van der Waals surface area contributed by atoms with E-state index in [0.29, 0.717) is 17.6 Å². The van der Waals surface area contributed by atoms with Crippen LogP contribution < -0.4 is 17.0 Å². The first-order valence-electron chi connectivity index (χ1n) is 4.26. The van der Waals surface area contributed by atoms with Gasteiger partial charge in [0.05, 0.1) is 5.39 Å². The quantitative estimate of drug-likeness (QED) is 0.519. The number of hydrogen-bond donors (Lipinski definition) is 3. The van der Waals surface area contributed by atoms with Gasteiger partial charge in [0, 0.05) is 18.8 Å². The molecule has 14 heavy (non-hydrogen) atoms. The second-order valence-electron chi connectivity index (χ2n) is 3.17. The van der Waals surface area contributed by atoms with E-state index in [-0.39, 0.29) is 11.5 Å². The highest BCUT2D eigenvalue weighted by Crippen LogP contribution is 2.13. The van der Waals surface area contributed by atoms with Crippen LogP contribution in [0.15, 0.2) is 11.0 Å². The predicted octanol–water partition coefficient (Wildman–Crippen LogP) is -1.41. The molecular formula is C8H12N5O+. The summed E-state index contributed by atoms with van der Waals surface area (Å²) in [6.07, 6.45) is 1.85. The number of aromatic nitrogens is 3. The molecule has 0 amide bonds. The summed E-state index contributed by atoms with van der Waals surface area (Å²) in [6, 6.07) is 0. The summed E-state index contributed by atoms with van der Waals surface area (Å²) in [4.78, 5) is 18.1. The van der Waals surface area contributed by atoms with Crippen molar-refractivity contribution in [2.75, 3.05) is 5.73 Å². The van der Waals surface area contributed by atoms with Gasteiger partial charge >= 0.3 is 0 Å². The lowest BCUT2D eigenvalue weighted by molar-refractivity contribution is -0.386. The maximum Gasteiger partial charge on any atom is 0.262 e. The first-order chi connectivity index (χ1) is 6.63. The van der Waals surface area contributed by atoms with Crippen molar-refractivity contribution in [3.05, 3.63) is 22.1 Å². The number of H-pyrrole nitrogens is 1. The summed E-state index contributed by atoms with van der Waals surface area (Å²) in [6.45, 7) is 0.562. The fourth-order valence-electron chi connectivity index (χ4n) is 1.57. The van der Waals surface area contributed by atoms with Crippen LogP contribution in [0.4, 0.5) is 5.95 Å². The maximum atomic E-state index is 11.6. The fourth-order valence-corrected chi connectivity index (χ4v) is 1.57. The molecule has 0 aliphatic rings. The van der Waals surface area contributed by atoms with Crippen molar-refractivity contribution in [3.8, 4) is 0 Å². The number of nitrogens with one attached hydrogen (secondary N) is 1. The number of fused-ring (bicyclic) bond motifs is 1. The Balaban J connectivity index is 2.97. The van der Waals surface area contributed by atoms with E-state index in [1.807, 2.05) is 13.2 Å². The predicted molar refractivity (Wildman–Crippen MR) is 52.3 cm³/mol. The number of nitrogens with zero attached hydrogens (tertiary/aromatic N) is 2. The molecule has 0 saturated carbocycles. The Morgan fingerprint density at radius 3 is 3.07 bits per heavy atom. The van der Waals surface area contributed by atoms with Crippen LogP contribution in [0.1, 0.15) is 5.56 Å². The molecule has 0 radical (unpaired) electrons. The van der Waals surface area contributed by atoms with Crippen molar-refractivity contribution in [2.24, 2.45) is 7.05 Å². The van der Waals surface area contributed by atoms with Crippen molar-refractivity contribution in [1.82, 2.24) is 14.5 Å². The number of aryl methyl sites for hydroxylation is 1. The lowest BCUT2D eigenvalue weighted by Crippen LogP contribution is -2.47. The van der Waals surface area contributed by atoms with Gasteiger partial charge in [-0.2, -0.15) is 4.98 Å². The standard InChI is InChI=1S/C8H11N5O/c1-13-3-4(2-9)5-6(13)11-8(10)12-7(5)14/h3H,2,9H2,1H3,(H3,10,11,12,14)/p+1. The Hall–Kier alpha value is -1.82. The molecule has 6 nitrogen and oxygen atoms in total. The van der Waals surface area contributed by atoms with Gasteiger partial charge in [0.1, 0.15) is 12.2 Å². The molecule has 0 spiro atoms. The van der Waals surface area contributed by atoms with E-state index >= 15 is 0 Å². The summed E-state index contributed by atoms with van der Waals surface area (Å²) >= 11 is 0. The topological polar surface area (TPSA) is 104 Å². The van der Waals surface area contributed by atoms with E-state index in [9.17, 15) is 4.79 Å². The van der Waals surface area contributed by atoms with Gasteiger partial charge in [-0.3, -0.25) is 9.78 Å². The van der Waals surface area contributed by atoms with Crippen molar-refractivity contribution < 1.29 is 5.73 Å². The minimum absolute atomic E-state index is 0.138. The van der Waals surface area contributed by atoms with Crippen LogP contribution in [0.5, 0.6) is 0 Å². The summed E-state index contributed by atoms with van der Waals surface area (Å²) in [7, 11) is 1.83. The molecule has 0 saturated heterocycles. The number of hydrogen-bond acceptors (Lipinski definition) is 3. The molecule has 0 aliphatic heterocycles. The molecule has 74 valence electrons. The summed E-state index contributed by atoms with van der Waals surface area (Å²) < 4.78 is 1.78. The maximum absolute atomic E-state index is 11.6. The van der Waals surface area contributed by atoms with Gasteiger partial charge in [-0.25, -0.2) is 0 Å². The molecule has 0 atom stereocenters. The molecule has 2 aromatic rings. The zero-order valence-corrected chi connectivity index (χ0v) is 7.87. The van der Waals surface area contributed by atoms with E-state index in [1.54, 1.807) is 4.57 Å². The zero-order chi connectivity index (χ0) is 10.3. The Bertz CT molecular complexity index is 538. The van der Waals surface area contributed by atoms with Crippen molar-refractivity contribution in [1.29, 1.82) is 0 Å². The van der Waals surface area contributed by atoms with Crippen LogP contribution in [-0.4, -0.2) is 14.5 Å². The number of aromatic amines is 1. The first kappa shape index (κ1) is 8.76. The van der Waals surface area contributed by atoms with Gasteiger partial charge in [0.25, 0.3) is 5.56 Å². The second-order valence-corrected chi connectivity index (χ2v) is 3.17. The van der Waals surface area contributed by atoms with Crippen LogP contribution in [0, 0.1) is 0 Å². The molecule has 0 bridgehead atoms. The Labute approximate surface area is 79.5 Å². The van der Waals surface area contributed by atoms with Gasteiger partial charge in [-0.15, -0.1) is 0 Å². The highest BCUT2D eigenvalue weighted by molar-refractivity contribution is 5.80. The summed E-state index contributed by atoms with van der Waals surface area (Å²) in [5.74, 6) is 0.138. The number of nitrogen functional groups attached to an aromatic ring is 1. The van der Waals surface area contributed by atoms with Crippen LogP contribution in [0.2, 0.25) is 0 Å². The molecule has 2 heterocycles. The lowest BCUT2D eigenvalue weighted by Gasteiger charge is -1.95. The average Bonchev–Trinajstić information content (AvgIpc) is 2.43. The van der Waals surface area contributed by atoms with E-state index in [2.05, 4.69) is 15.7 Å². The van der Waals surface area contributed by atoms with Crippen molar-refractivity contribution >= 4 is 17.0 Å². The molecule has 0 aliphatic carbocycles. The Kier molecular flexibility index (Phi) is 1.78. The molecule has 6 N–H and O–H groups in total. The highest BCUT2D eigenvalue weighted by atomic mass is 16.1. The fraction of sp³-hybridized carbons (Fsp3) is 0.250. The number of anilines is 1. The van der Waals surface area contributed by atoms with Crippen molar-refractivity contribution in [3.63, 3.8) is 0 Å². The summed E-state index contributed by atoms with van der Waals surface area (Å²) in [5.41, 5.74) is 10.5. The SMILES string of the molecule is Cn1cc(C[NH3+])c2c(=O)[nH]c(N)nc21. The zero-order valence-electron chi connectivity index (χ0n) is 7.87. The van der Waals surface area contributed by atoms with Crippen LogP contribution >= 0.6 is 0 Å². The Morgan fingerprint density at radius 2 is 2.43 bits per heavy atom. The monoisotopic (exact) mass is 194 g/mol. The molecule has 2 rings (SSSR count). The molecule has 6 heteroatoms. The van der Waals surface area contributed by atoms with Gasteiger partial charge in [-0.1, -0.05) is 0 Å². The van der Waals surface area contributed by atoms with Gasteiger partial charge < -0.3 is 16.0 Å². The van der Waals surface area contributed by atoms with E-state index in [1.165, 1.54) is 0 Å². The molecule has 2 aromatic heterocycles. The molecule has 0 unspecified atom stereocenters. The van der Waals surface area contributed by atoms with Gasteiger partial charge in [0.15, 0.2) is 0 Å². The largest absolute Gasteiger partial charge is 0.369 e. The minimum atomic E-state index is -0.202. The van der Waals surface area contributed by atoms with E-state index in [0.717, 1.165) is 5.56 Å². The van der Waals surface area contributed by atoms with E-state index in [4.69, 9.17) is 5.73 Å². The van der Waals surface area contributed by atoms with Crippen LogP contribution in [0.25, 0.3) is 11.0 Å². The average molecular weight is 194 g/mol. The van der Waals surface area contributed by atoms with Crippen molar-refractivity contribution in [2.45, 2.75) is 6.54 Å². The third-order valence-corrected chi connectivity index (χ3v) is 2.19. The number of nitrogens with two attached hydrogens (primary N) is 1. The minimum Gasteiger partial charge on any atom is -0.369 e. The lowest BCUT2D eigenvalue weighted by atomic mass is 10.2. The van der Waals surface area contributed by atoms with Crippen LogP contribution in [-0.2, 0) is 13.6 Å². The molecular weight excluding hydrogens is 182 g/mol. The van der Waals surface area contributed by atoms with Gasteiger partial charge in [-0.05, 0) is 0 Å². The normalized spacial score (nSPS) is 11.0. The second kappa shape index (κ2) is 2.85. The van der Waals surface area contributed by atoms with Gasteiger partial charge in [0.2, 0.25) is 5.95 Å². The number of rotatable bonds is 1. The summed E-state index contributed by atoms with van der Waals surface area (Å²) in [5, 5.41) is 0.580. The third kappa shape index (κ3) is 1.08. The highest BCUT2D eigenvalue weighted by Gasteiger charge is 2.11. The molecule has 0 aromatic carbocycles. The first-order valence-corrected chi connectivity index (χ1v) is 4.26. The van der Waals surface area contributed by atoms with E-state index < -0.39 is 0 Å².